The molecule has 3 nitrogen and oxygen atoms in total. The predicted molar refractivity (Wildman–Crippen MR) is 89.8 cm³/mol. The highest BCUT2D eigenvalue weighted by molar-refractivity contribution is 5.49. The van der Waals surface area contributed by atoms with E-state index in [2.05, 4.69) is 30.9 Å². The summed E-state index contributed by atoms with van der Waals surface area (Å²) in [4.78, 5) is 2.68. The topological polar surface area (TPSA) is 21.7 Å². The van der Waals surface area contributed by atoms with Crippen LogP contribution in [0.2, 0.25) is 0 Å². The molecule has 1 aromatic rings. The van der Waals surface area contributed by atoms with Crippen LogP contribution in [0.5, 0.6) is 11.5 Å². The van der Waals surface area contributed by atoms with Crippen LogP contribution < -0.4 is 9.47 Å². The molecule has 1 saturated heterocycles. The molecule has 3 heteroatoms. The molecule has 0 saturated carbocycles. The molecule has 1 aromatic carbocycles. The standard InChI is InChI=1S/C19H29NO2/c1-5-19(6-2)8-10-20-9-7-14-11-17(21-3)18(22-4)12-15(14)16(20)13-19/h11-12,16H,5-10,13H2,1-4H3. The molecular weight excluding hydrogens is 274 g/mol. The zero-order valence-corrected chi connectivity index (χ0v) is 14.4. The van der Waals surface area contributed by atoms with Crippen LogP contribution in [-0.4, -0.2) is 32.2 Å². The van der Waals surface area contributed by atoms with Crippen LogP contribution in [0.3, 0.4) is 0 Å². The Kier molecular flexibility index (Phi) is 4.35. The van der Waals surface area contributed by atoms with Crippen LogP contribution in [-0.2, 0) is 6.42 Å². The average Bonchev–Trinajstić information content (AvgIpc) is 2.59. The molecular formula is C19H29NO2. The van der Waals surface area contributed by atoms with Gasteiger partial charge >= 0.3 is 0 Å². The molecule has 122 valence electrons. The van der Waals surface area contributed by atoms with Gasteiger partial charge in [0.15, 0.2) is 11.5 Å². The van der Waals surface area contributed by atoms with E-state index in [1.165, 1.54) is 49.9 Å². The second-order valence-electron chi connectivity index (χ2n) is 6.87. The van der Waals surface area contributed by atoms with E-state index in [1.807, 2.05) is 0 Å². The Morgan fingerprint density at radius 3 is 2.41 bits per heavy atom. The van der Waals surface area contributed by atoms with Gasteiger partial charge in [-0.05, 0) is 54.5 Å². The van der Waals surface area contributed by atoms with E-state index in [1.54, 1.807) is 14.2 Å². The van der Waals surface area contributed by atoms with Gasteiger partial charge in [0.05, 0.1) is 14.2 Å². The number of hydrogen-bond acceptors (Lipinski definition) is 3. The molecule has 0 bridgehead atoms. The van der Waals surface area contributed by atoms with Gasteiger partial charge in [-0.3, -0.25) is 4.90 Å². The predicted octanol–water partition coefficient (Wildman–Crippen LogP) is 4.20. The van der Waals surface area contributed by atoms with Gasteiger partial charge in [-0.1, -0.05) is 26.7 Å². The number of rotatable bonds is 4. The van der Waals surface area contributed by atoms with Crippen LogP contribution in [0.25, 0.3) is 0 Å². The van der Waals surface area contributed by atoms with Crippen molar-refractivity contribution < 1.29 is 9.47 Å². The molecule has 0 radical (unpaired) electrons. The first kappa shape index (κ1) is 15.7. The van der Waals surface area contributed by atoms with Crippen LogP contribution in [0.4, 0.5) is 0 Å². The van der Waals surface area contributed by atoms with E-state index in [0.717, 1.165) is 17.9 Å². The van der Waals surface area contributed by atoms with Gasteiger partial charge in [-0.15, -0.1) is 0 Å². The molecule has 0 amide bonds. The summed E-state index contributed by atoms with van der Waals surface area (Å²) < 4.78 is 11.0. The van der Waals surface area contributed by atoms with E-state index < -0.39 is 0 Å². The van der Waals surface area contributed by atoms with E-state index >= 15 is 0 Å². The van der Waals surface area contributed by atoms with Crippen molar-refractivity contribution in [2.24, 2.45) is 5.41 Å². The van der Waals surface area contributed by atoms with E-state index in [9.17, 15) is 0 Å². The molecule has 0 aliphatic carbocycles. The molecule has 22 heavy (non-hydrogen) atoms. The number of benzene rings is 1. The molecule has 2 aliphatic heterocycles. The monoisotopic (exact) mass is 303 g/mol. The van der Waals surface area contributed by atoms with Gasteiger partial charge in [0.1, 0.15) is 0 Å². The van der Waals surface area contributed by atoms with E-state index in [4.69, 9.17) is 9.47 Å². The third-order valence-corrected chi connectivity index (χ3v) is 6.17. The highest BCUT2D eigenvalue weighted by Gasteiger charge is 2.40. The lowest BCUT2D eigenvalue weighted by Gasteiger charge is -2.49. The number of hydrogen-bond donors (Lipinski definition) is 0. The SMILES string of the molecule is CCC1(CC)CCN2CCc3cc(OC)c(OC)cc3C2C1. The summed E-state index contributed by atoms with van der Waals surface area (Å²) in [6.07, 6.45) is 6.33. The number of nitrogens with zero attached hydrogens (tertiary/aromatic N) is 1. The molecule has 1 fully saturated rings. The summed E-state index contributed by atoms with van der Waals surface area (Å²) in [7, 11) is 3.45. The highest BCUT2D eigenvalue weighted by Crippen LogP contribution is 2.49. The maximum Gasteiger partial charge on any atom is 0.161 e. The summed E-state index contributed by atoms with van der Waals surface area (Å²) in [5.41, 5.74) is 3.43. The minimum atomic E-state index is 0.517. The quantitative estimate of drug-likeness (QED) is 0.832. The van der Waals surface area contributed by atoms with Crippen LogP contribution >= 0.6 is 0 Å². The molecule has 1 unspecified atom stereocenters. The van der Waals surface area contributed by atoms with Crippen LogP contribution in [0.1, 0.15) is 56.7 Å². The fourth-order valence-corrected chi connectivity index (χ4v) is 4.37. The number of methoxy groups -OCH3 is 2. The summed E-state index contributed by atoms with van der Waals surface area (Å²) in [6, 6.07) is 4.98. The summed E-state index contributed by atoms with van der Waals surface area (Å²) in [5.74, 6) is 1.73. The molecule has 0 spiro atoms. The molecule has 0 N–H and O–H groups in total. The maximum atomic E-state index is 5.54. The van der Waals surface area contributed by atoms with Crippen molar-refractivity contribution in [1.29, 1.82) is 0 Å². The Morgan fingerprint density at radius 1 is 1.09 bits per heavy atom. The first-order valence-electron chi connectivity index (χ1n) is 8.65. The fourth-order valence-electron chi connectivity index (χ4n) is 4.37. The van der Waals surface area contributed by atoms with E-state index in [-0.39, 0.29) is 0 Å². The summed E-state index contributed by atoms with van der Waals surface area (Å²) >= 11 is 0. The van der Waals surface area contributed by atoms with Gasteiger partial charge in [0, 0.05) is 12.6 Å². The Hall–Kier alpha value is -1.22. The number of piperidine rings is 1. The van der Waals surface area contributed by atoms with Crippen LogP contribution in [0.15, 0.2) is 12.1 Å². The van der Waals surface area contributed by atoms with Gasteiger partial charge < -0.3 is 9.47 Å². The normalized spacial score (nSPS) is 23.5. The first-order valence-corrected chi connectivity index (χ1v) is 8.65. The van der Waals surface area contributed by atoms with Crippen molar-refractivity contribution in [1.82, 2.24) is 4.90 Å². The summed E-state index contributed by atoms with van der Waals surface area (Å²) in [6.45, 7) is 7.13. The lowest BCUT2D eigenvalue weighted by atomic mass is 9.69. The van der Waals surface area contributed by atoms with Gasteiger partial charge in [-0.2, -0.15) is 0 Å². The first-order chi connectivity index (χ1) is 10.7. The van der Waals surface area contributed by atoms with E-state index in [0.29, 0.717) is 11.5 Å². The zero-order chi connectivity index (χ0) is 15.7. The van der Waals surface area contributed by atoms with Crippen molar-refractivity contribution in [3.05, 3.63) is 23.3 Å². The number of ether oxygens (including phenoxy) is 2. The third kappa shape index (κ3) is 2.50. The Bertz CT molecular complexity index is 536. The molecule has 3 rings (SSSR count). The Balaban J connectivity index is 1.99. The Labute approximate surface area is 134 Å². The van der Waals surface area contributed by atoms with Gasteiger partial charge in [0.25, 0.3) is 0 Å². The lowest BCUT2D eigenvalue weighted by Crippen LogP contribution is -2.45. The fraction of sp³-hybridized carbons (Fsp3) is 0.684. The van der Waals surface area contributed by atoms with Crippen molar-refractivity contribution in [3.63, 3.8) is 0 Å². The smallest absolute Gasteiger partial charge is 0.161 e. The minimum Gasteiger partial charge on any atom is -0.493 e. The lowest BCUT2D eigenvalue weighted by molar-refractivity contribution is 0.0361. The van der Waals surface area contributed by atoms with Gasteiger partial charge in [-0.25, -0.2) is 0 Å². The molecule has 0 aromatic heterocycles. The van der Waals surface area contributed by atoms with Crippen molar-refractivity contribution in [2.45, 2.75) is 52.0 Å². The average molecular weight is 303 g/mol. The Morgan fingerprint density at radius 2 is 1.77 bits per heavy atom. The van der Waals surface area contributed by atoms with Crippen molar-refractivity contribution in [2.75, 3.05) is 27.3 Å². The third-order valence-electron chi connectivity index (χ3n) is 6.17. The highest BCUT2D eigenvalue weighted by atomic mass is 16.5. The molecule has 2 heterocycles. The molecule has 2 aliphatic rings. The second-order valence-corrected chi connectivity index (χ2v) is 6.87. The summed E-state index contributed by atoms with van der Waals surface area (Å²) in [5, 5.41) is 0. The minimum absolute atomic E-state index is 0.517. The molecule has 1 atom stereocenters. The van der Waals surface area contributed by atoms with Gasteiger partial charge in [0.2, 0.25) is 0 Å². The van der Waals surface area contributed by atoms with Crippen molar-refractivity contribution >= 4 is 0 Å². The number of fused-ring (bicyclic) bond motifs is 3. The van der Waals surface area contributed by atoms with Crippen LogP contribution in [0, 0.1) is 5.41 Å². The second kappa shape index (κ2) is 6.11. The maximum absolute atomic E-state index is 5.54. The zero-order valence-electron chi connectivity index (χ0n) is 14.4. The van der Waals surface area contributed by atoms with Crippen molar-refractivity contribution in [3.8, 4) is 11.5 Å². The largest absolute Gasteiger partial charge is 0.493 e.